The molecule has 4 rings (SSSR count). The van der Waals surface area contributed by atoms with E-state index in [1.54, 1.807) is 13.1 Å². The van der Waals surface area contributed by atoms with Gasteiger partial charge < -0.3 is 15.0 Å². The number of hydrogen-bond acceptors (Lipinski definition) is 4. The summed E-state index contributed by atoms with van der Waals surface area (Å²) in [5.41, 5.74) is 1.30. The molecule has 1 N–H and O–H groups in total. The zero-order valence-corrected chi connectivity index (χ0v) is 16.8. The van der Waals surface area contributed by atoms with Gasteiger partial charge in [0, 0.05) is 13.6 Å². The van der Waals surface area contributed by atoms with Gasteiger partial charge in [-0.05, 0) is 41.7 Å². The Morgan fingerprint density at radius 2 is 2.03 bits per heavy atom. The predicted molar refractivity (Wildman–Crippen MR) is 106 cm³/mol. The first-order valence-corrected chi connectivity index (χ1v) is 9.64. The van der Waals surface area contributed by atoms with Crippen LogP contribution in [-0.4, -0.2) is 48.3 Å². The molecule has 4 amide bonds. The molecule has 1 aliphatic carbocycles. The number of rotatable bonds is 5. The number of nitrogens with one attached hydrogen (secondary N) is 1. The van der Waals surface area contributed by atoms with Crippen molar-refractivity contribution in [1.29, 1.82) is 0 Å². The highest BCUT2D eigenvalue weighted by Gasteiger charge is 2.55. The van der Waals surface area contributed by atoms with Crippen molar-refractivity contribution in [3.05, 3.63) is 65.0 Å². The Hall–Kier alpha value is -3.42. The van der Waals surface area contributed by atoms with Crippen molar-refractivity contribution < 1.29 is 23.5 Å². The van der Waals surface area contributed by atoms with Crippen LogP contribution in [0.4, 0.5) is 9.18 Å². The van der Waals surface area contributed by atoms with Crippen LogP contribution in [0.1, 0.15) is 23.1 Å². The van der Waals surface area contributed by atoms with E-state index in [1.165, 1.54) is 24.1 Å². The second kappa shape index (κ2) is 7.44. The van der Waals surface area contributed by atoms with Crippen molar-refractivity contribution in [2.45, 2.75) is 24.9 Å². The van der Waals surface area contributed by atoms with E-state index in [9.17, 15) is 18.8 Å². The minimum atomic E-state index is -1.09. The van der Waals surface area contributed by atoms with Gasteiger partial charge in [0.05, 0.1) is 7.11 Å². The molecule has 0 aromatic heterocycles. The lowest BCUT2D eigenvalue weighted by Crippen LogP contribution is -2.44. The molecule has 2 aromatic rings. The minimum Gasteiger partial charge on any atom is -0.494 e. The Balaban J connectivity index is 1.46. The number of benzene rings is 2. The van der Waals surface area contributed by atoms with Gasteiger partial charge in [-0.15, -0.1) is 0 Å². The SMILES string of the molecule is COc1ccc(CN(C)C(=O)CN2C(=O)N[C@]3(CCc4ccccc43)C2=O)cc1F. The number of fused-ring (bicyclic) bond motifs is 2. The maximum Gasteiger partial charge on any atom is 0.325 e. The van der Waals surface area contributed by atoms with Crippen LogP contribution in [0.2, 0.25) is 0 Å². The van der Waals surface area contributed by atoms with Crippen LogP contribution in [-0.2, 0) is 28.1 Å². The summed E-state index contributed by atoms with van der Waals surface area (Å²) >= 11 is 0. The molecule has 1 atom stereocenters. The Morgan fingerprint density at radius 3 is 2.77 bits per heavy atom. The number of carbonyl (C=O) groups is 3. The number of nitrogens with zero attached hydrogens (tertiary/aromatic N) is 2. The van der Waals surface area contributed by atoms with Crippen LogP contribution in [0, 0.1) is 5.82 Å². The minimum absolute atomic E-state index is 0.120. The first kappa shape index (κ1) is 19.9. The Labute approximate surface area is 173 Å². The van der Waals surface area contributed by atoms with Crippen LogP contribution >= 0.6 is 0 Å². The van der Waals surface area contributed by atoms with Gasteiger partial charge in [0.1, 0.15) is 12.1 Å². The fourth-order valence-corrected chi connectivity index (χ4v) is 4.16. The molecule has 1 saturated heterocycles. The highest BCUT2D eigenvalue weighted by molar-refractivity contribution is 6.09. The molecule has 7 nitrogen and oxygen atoms in total. The molecule has 0 radical (unpaired) electrons. The van der Waals surface area contributed by atoms with Crippen LogP contribution in [0.5, 0.6) is 5.75 Å². The standard InChI is InChI=1S/C22H22FN3O4/c1-25(12-14-7-8-18(30-2)17(23)11-14)19(27)13-26-20(28)22(24-21(26)29)10-9-15-5-3-4-6-16(15)22/h3-8,11H,9-10,12-13H2,1-2H3,(H,24,29)/t22-/m0/s1. The summed E-state index contributed by atoms with van der Waals surface area (Å²) < 4.78 is 18.8. The van der Waals surface area contributed by atoms with E-state index in [0.717, 1.165) is 16.0 Å². The normalized spacial score (nSPS) is 19.8. The van der Waals surface area contributed by atoms with Gasteiger partial charge in [0.2, 0.25) is 5.91 Å². The molecular formula is C22H22FN3O4. The fourth-order valence-electron chi connectivity index (χ4n) is 4.16. The highest BCUT2D eigenvalue weighted by atomic mass is 19.1. The third kappa shape index (κ3) is 3.18. The lowest BCUT2D eigenvalue weighted by molar-refractivity contribution is -0.138. The Kier molecular flexibility index (Phi) is 4.93. The summed E-state index contributed by atoms with van der Waals surface area (Å²) in [5.74, 6) is -1.23. The molecule has 156 valence electrons. The number of carbonyl (C=O) groups excluding carboxylic acids is 3. The van der Waals surface area contributed by atoms with Crippen molar-refractivity contribution in [1.82, 2.24) is 15.1 Å². The van der Waals surface area contributed by atoms with Crippen molar-refractivity contribution >= 4 is 17.8 Å². The first-order chi connectivity index (χ1) is 14.4. The molecule has 30 heavy (non-hydrogen) atoms. The van der Waals surface area contributed by atoms with Gasteiger partial charge in [0.15, 0.2) is 11.6 Å². The van der Waals surface area contributed by atoms with Gasteiger partial charge >= 0.3 is 6.03 Å². The third-order valence-corrected chi connectivity index (χ3v) is 5.78. The van der Waals surface area contributed by atoms with Gasteiger partial charge in [-0.25, -0.2) is 9.18 Å². The summed E-state index contributed by atoms with van der Waals surface area (Å²) in [4.78, 5) is 40.7. The molecule has 0 saturated carbocycles. The van der Waals surface area contributed by atoms with Gasteiger partial charge in [-0.3, -0.25) is 14.5 Å². The smallest absolute Gasteiger partial charge is 0.325 e. The number of likely N-dealkylation sites (N-methyl/N-ethyl adjacent to an activating group) is 1. The molecule has 2 aliphatic rings. The van der Waals surface area contributed by atoms with Gasteiger partial charge in [-0.1, -0.05) is 30.3 Å². The summed E-state index contributed by atoms with van der Waals surface area (Å²) in [6.07, 6.45) is 1.16. The quantitative estimate of drug-likeness (QED) is 0.765. The molecule has 0 bridgehead atoms. The average molecular weight is 411 g/mol. The Bertz CT molecular complexity index is 1040. The van der Waals surface area contributed by atoms with E-state index in [0.29, 0.717) is 18.4 Å². The highest BCUT2D eigenvalue weighted by Crippen LogP contribution is 2.41. The average Bonchev–Trinajstić information content (AvgIpc) is 3.21. The number of ether oxygens (including phenoxy) is 1. The van der Waals surface area contributed by atoms with E-state index in [4.69, 9.17) is 4.74 Å². The largest absolute Gasteiger partial charge is 0.494 e. The van der Waals surface area contributed by atoms with Gasteiger partial charge in [0.25, 0.3) is 5.91 Å². The monoisotopic (exact) mass is 411 g/mol. The van der Waals surface area contributed by atoms with Crippen molar-refractivity contribution in [2.24, 2.45) is 0 Å². The molecule has 1 heterocycles. The third-order valence-electron chi connectivity index (χ3n) is 5.78. The molecular weight excluding hydrogens is 389 g/mol. The second-order valence-electron chi connectivity index (χ2n) is 7.60. The zero-order chi connectivity index (χ0) is 21.5. The van der Waals surface area contributed by atoms with Crippen LogP contribution in [0.25, 0.3) is 0 Å². The lowest BCUT2D eigenvalue weighted by Gasteiger charge is -2.23. The maximum absolute atomic E-state index is 13.9. The number of urea groups is 1. The van der Waals surface area contributed by atoms with E-state index in [-0.39, 0.29) is 18.8 Å². The molecule has 8 heteroatoms. The summed E-state index contributed by atoms with van der Waals surface area (Å²) in [6, 6.07) is 11.4. The number of aryl methyl sites for hydroxylation is 1. The predicted octanol–water partition coefficient (Wildman–Crippen LogP) is 2.19. The van der Waals surface area contributed by atoms with E-state index >= 15 is 0 Å². The topological polar surface area (TPSA) is 79.0 Å². The molecule has 1 spiro atoms. The summed E-state index contributed by atoms with van der Waals surface area (Å²) in [6.45, 7) is -0.235. The zero-order valence-electron chi connectivity index (χ0n) is 16.8. The number of hydrogen-bond donors (Lipinski definition) is 1. The fraction of sp³-hybridized carbons (Fsp3) is 0.318. The number of halogens is 1. The van der Waals surface area contributed by atoms with Crippen molar-refractivity contribution in [3.63, 3.8) is 0 Å². The summed E-state index contributed by atoms with van der Waals surface area (Å²) in [5, 5.41) is 2.80. The van der Waals surface area contributed by atoms with Gasteiger partial charge in [-0.2, -0.15) is 0 Å². The Morgan fingerprint density at radius 1 is 1.27 bits per heavy atom. The van der Waals surface area contributed by atoms with E-state index in [1.807, 2.05) is 24.3 Å². The molecule has 1 aliphatic heterocycles. The van der Waals surface area contributed by atoms with Crippen LogP contribution in [0.3, 0.4) is 0 Å². The number of amides is 4. The second-order valence-corrected chi connectivity index (χ2v) is 7.60. The van der Waals surface area contributed by atoms with Crippen molar-refractivity contribution in [3.8, 4) is 5.75 Å². The lowest BCUT2D eigenvalue weighted by atomic mass is 9.92. The van der Waals surface area contributed by atoms with E-state index < -0.39 is 29.2 Å². The van der Waals surface area contributed by atoms with Crippen molar-refractivity contribution in [2.75, 3.05) is 20.7 Å². The molecule has 1 fully saturated rings. The summed E-state index contributed by atoms with van der Waals surface area (Å²) in [7, 11) is 2.92. The first-order valence-electron chi connectivity index (χ1n) is 9.64. The number of imide groups is 1. The maximum atomic E-state index is 13.9. The number of methoxy groups -OCH3 is 1. The molecule has 0 unspecified atom stereocenters. The van der Waals surface area contributed by atoms with Crippen LogP contribution in [0.15, 0.2) is 42.5 Å². The van der Waals surface area contributed by atoms with Crippen LogP contribution < -0.4 is 10.1 Å². The van der Waals surface area contributed by atoms with E-state index in [2.05, 4.69) is 5.32 Å². The molecule has 2 aromatic carbocycles.